The van der Waals surface area contributed by atoms with Gasteiger partial charge in [0.1, 0.15) is 11.9 Å². The van der Waals surface area contributed by atoms with Crippen molar-refractivity contribution < 1.29 is 4.74 Å². The second-order valence-electron chi connectivity index (χ2n) is 7.69. The fourth-order valence-corrected chi connectivity index (χ4v) is 4.61. The molecule has 2 saturated heterocycles. The lowest BCUT2D eigenvalue weighted by molar-refractivity contribution is 0.137. The van der Waals surface area contributed by atoms with Crippen LogP contribution in [0.4, 0.5) is 0 Å². The molecule has 2 aliphatic heterocycles. The number of hydrogen-bond donors (Lipinski definition) is 1. The molecule has 1 aromatic heterocycles. The smallest absolute Gasteiger partial charge is 0.119 e. The van der Waals surface area contributed by atoms with Crippen molar-refractivity contribution in [2.75, 3.05) is 0 Å². The van der Waals surface area contributed by atoms with Crippen LogP contribution < -0.4 is 10.1 Å². The van der Waals surface area contributed by atoms with Gasteiger partial charge in [0.05, 0.1) is 5.52 Å². The van der Waals surface area contributed by atoms with Crippen molar-refractivity contribution in [1.82, 2.24) is 10.3 Å². The van der Waals surface area contributed by atoms with Gasteiger partial charge in [0.25, 0.3) is 0 Å². The van der Waals surface area contributed by atoms with E-state index in [-0.39, 0.29) is 24.8 Å². The van der Waals surface area contributed by atoms with Gasteiger partial charge in [-0.1, -0.05) is 30.3 Å². The first-order valence-corrected chi connectivity index (χ1v) is 9.64. The zero-order valence-electron chi connectivity index (χ0n) is 15.9. The minimum Gasteiger partial charge on any atom is -0.490 e. The molecule has 2 aliphatic rings. The van der Waals surface area contributed by atoms with Crippen molar-refractivity contribution in [3.8, 4) is 16.9 Å². The van der Waals surface area contributed by atoms with Gasteiger partial charge in [-0.25, -0.2) is 0 Å². The molecule has 0 spiro atoms. The van der Waals surface area contributed by atoms with Crippen LogP contribution >= 0.6 is 24.8 Å². The predicted octanol–water partition coefficient (Wildman–Crippen LogP) is 5.72. The molecule has 3 heterocycles. The Labute approximate surface area is 178 Å². The minimum absolute atomic E-state index is 0. The summed E-state index contributed by atoms with van der Waals surface area (Å²) in [6.45, 7) is 2.15. The van der Waals surface area contributed by atoms with Gasteiger partial charge in [-0.3, -0.25) is 4.98 Å². The molecule has 0 amide bonds. The Morgan fingerprint density at radius 2 is 1.64 bits per heavy atom. The van der Waals surface area contributed by atoms with Gasteiger partial charge in [-0.05, 0) is 67.5 Å². The van der Waals surface area contributed by atoms with Crippen molar-refractivity contribution in [2.45, 2.75) is 50.8 Å². The largest absolute Gasteiger partial charge is 0.490 e. The van der Waals surface area contributed by atoms with E-state index in [1.165, 1.54) is 34.9 Å². The maximum atomic E-state index is 6.28. The van der Waals surface area contributed by atoms with E-state index in [1.54, 1.807) is 0 Å². The van der Waals surface area contributed by atoms with E-state index in [2.05, 4.69) is 59.7 Å². The summed E-state index contributed by atoms with van der Waals surface area (Å²) in [4.78, 5) is 4.55. The van der Waals surface area contributed by atoms with Crippen LogP contribution in [0.15, 0.2) is 54.7 Å². The molecule has 1 N–H and O–H groups in total. The van der Waals surface area contributed by atoms with Crippen LogP contribution in [0.1, 0.15) is 31.2 Å². The number of ether oxygens (including phenoxy) is 1. The number of aryl methyl sites for hydroxylation is 1. The molecule has 2 atom stereocenters. The Morgan fingerprint density at radius 1 is 0.929 bits per heavy atom. The molecule has 0 aliphatic carbocycles. The van der Waals surface area contributed by atoms with Gasteiger partial charge >= 0.3 is 0 Å². The number of rotatable bonds is 3. The van der Waals surface area contributed by atoms with E-state index in [4.69, 9.17) is 4.74 Å². The fraction of sp³-hybridized carbons (Fsp3) is 0.348. The number of aromatic nitrogens is 1. The highest BCUT2D eigenvalue weighted by atomic mass is 35.5. The van der Waals surface area contributed by atoms with E-state index >= 15 is 0 Å². The highest BCUT2D eigenvalue weighted by molar-refractivity contribution is 5.88. The summed E-state index contributed by atoms with van der Waals surface area (Å²) in [5.74, 6) is 0.983. The van der Waals surface area contributed by atoms with E-state index in [0.29, 0.717) is 18.2 Å². The van der Waals surface area contributed by atoms with Gasteiger partial charge in [0, 0.05) is 23.7 Å². The number of hydrogen-bond acceptors (Lipinski definition) is 3. The first-order chi connectivity index (χ1) is 12.8. The molecule has 3 nitrogen and oxygen atoms in total. The van der Waals surface area contributed by atoms with Crippen LogP contribution in [0, 0.1) is 6.92 Å². The molecule has 5 rings (SSSR count). The van der Waals surface area contributed by atoms with Crippen LogP contribution in [-0.4, -0.2) is 23.2 Å². The molecular formula is C23H26Cl2N2O. The topological polar surface area (TPSA) is 34.1 Å². The van der Waals surface area contributed by atoms with Crippen LogP contribution in [0.25, 0.3) is 22.0 Å². The van der Waals surface area contributed by atoms with Crippen LogP contribution in [0.3, 0.4) is 0 Å². The first-order valence-electron chi connectivity index (χ1n) is 9.64. The summed E-state index contributed by atoms with van der Waals surface area (Å²) >= 11 is 0. The number of pyridine rings is 1. The Hall–Kier alpha value is -1.81. The van der Waals surface area contributed by atoms with Crippen LogP contribution in [0.5, 0.6) is 5.75 Å². The van der Waals surface area contributed by atoms with Gasteiger partial charge in [0.15, 0.2) is 0 Å². The molecule has 0 saturated carbocycles. The highest BCUT2D eigenvalue weighted by Gasteiger charge is 2.34. The number of halogens is 2. The molecule has 3 aromatic rings. The Balaban J connectivity index is 0.00000112. The third-order valence-corrected chi connectivity index (χ3v) is 5.93. The van der Waals surface area contributed by atoms with E-state index in [9.17, 15) is 0 Å². The number of nitrogens with one attached hydrogen (secondary N) is 1. The Bertz CT molecular complexity index is 933. The standard InChI is InChI=1S/C23H24N2O.2ClH/c1-15-22(11-6-17-3-2-12-24-23(15)17)16-4-9-20(10-5-16)26-21-13-18-7-8-19(14-21)25-18;;/h2-6,9-12,18-19,21,25H,7-8,13-14H2,1H3;2*1H. The third kappa shape index (κ3) is 3.98. The molecular weight excluding hydrogens is 391 g/mol. The van der Waals surface area contributed by atoms with Crippen molar-refractivity contribution in [3.63, 3.8) is 0 Å². The highest BCUT2D eigenvalue weighted by Crippen LogP contribution is 2.32. The lowest BCUT2D eigenvalue weighted by Gasteiger charge is -2.29. The monoisotopic (exact) mass is 416 g/mol. The maximum absolute atomic E-state index is 6.28. The van der Waals surface area contributed by atoms with Gasteiger partial charge < -0.3 is 10.1 Å². The minimum atomic E-state index is 0. The van der Waals surface area contributed by atoms with Gasteiger partial charge in [-0.2, -0.15) is 0 Å². The summed E-state index contributed by atoms with van der Waals surface area (Å²) in [6.07, 6.45) is 7.09. The SMILES string of the molecule is Cc1c(-c2ccc(OC3CC4CCC(C3)N4)cc2)ccc2cccnc12.Cl.Cl. The zero-order chi connectivity index (χ0) is 17.5. The van der Waals surface area contributed by atoms with Crippen molar-refractivity contribution in [2.24, 2.45) is 0 Å². The molecule has 2 fully saturated rings. The lowest BCUT2D eigenvalue weighted by atomic mass is 9.97. The van der Waals surface area contributed by atoms with E-state index in [0.717, 1.165) is 24.1 Å². The van der Waals surface area contributed by atoms with E-state index in [1.807, 2.05) is 12.3 Å². The van der Waals surface area contributed by atoms with Crippen LogP contribution in [0.2, 0.25) is 0 Å². The first kappa shape index (κ1) is 20.9. The molecule has 2 unspecified atom stereocenters. The van der Waals surface area contributed by atoms with Crippen molar-refractivity contribution in [1.29, 1.82) is 0 Å². The molecule has 2 aromatic carbocycles. The summed E-state index contributed by atoms with van der Waals surface area (Å²) < 4.78 is 6.28. The second kappa shape index (κ2) is 8.69. The van der Waals surface area contributed by atoms with Crippen LogP contribution in [-0.2, 0) is 0 Å². The van der Waals surface area contributed by atoms with Crippen molar-refractivity contribution in [3.05, 3.63) is 60.3 Å². The quantitative estimate of drug-likeness (QED) is 0.592. The summed E-state index contributed by atoms with van der Waals surface area (Å²) in [5, 5.41) is 4.86. The Morgan fingerprint density at radius 3 is 2.36 bits per heavy atom. The number of fused-ring (bicyclic) bond motifs is 3. The van der Waals surface area contributed by atoms with Crippen molar-refractivity contribution >= 4 is 35.7 Å². The molecule has 148 valence electrons. The average Bonchev–Trinajstić information content (AvgIpc) is 3.01. The summed E-state index contributed by atoms with van der Waals surface area (Å²) in [6, 6.07) is 18.3. The number of piperidine rings is 1. The average molecular weight is 417 g/mol. The third-order valence-electron chi connectivity index (χ3n) is 5.93. The Kier molecular flexibility index (Phi) is 6.49. The number of benzene rings is 2. The maximum Gasteiger partial charge on any atom is 0.119 e. The summed E-state index contributed by atoms with van der Waals surface area (Å²) in [5.41, 5.74) is 4.76. The van der Waals surface area contributed by atoms with E-state index < -0.39 is 0 Å². The van der Waals surface area contributed by atoms with Gasteiger partial charge in [-0.15, -0.1) is 24.8 Å². The zero-order valence-corrected chi connectivity index (χ0v) is 17.6. The van der Waals surface area contributed by atoms with Gasteiger partial charge in [0.2, 0.25) is 0 Å². The second-order valence-corrected chi connectivity index (χ2v) is 7.69. The molecule has 5 heteroatoms. The molecule has 2 bridgehead atoms. The summed E-state index contributed by atoms with van der Waals surface area (Å²) in [7, 11) is 0. The normalized spacial score (nSPS) is 23.0. The molecule has 28 heavy (non-hydrogen) atoms. The number of nitrogens with zero attached hydrogens (tertiary/aromatic N) is 1. The lowest BCUT2D eigenvalue weighted by Crippen LogP contribution is -2.42. The molecule has 0 radical (unpaired) electrons. The predicted molar refractivity (Wildman–Crippen MR) is 120 cm³/mol. The fourth-order valence-electron chi connectivity index (χ4n) is 4.61.